The molecule has 5 rings (SSSR count). The number of benzene rings is 2. The van der Waals surface area contributed by atoms with Gasteiger partial charge in [-0.3, -0.25) is 19.7 Å². The fraction of sp³-hybridized carbons (Fsp3) is 0.361. The van der Waals surface area contributed by atoms with Crippen molar-refractivity contribution in [2.45, 2.75) is 84.7 Å². The van der Waals surface area contributed by atoms with Crippen LogP contribution in [0.1, 0.15) is 88.5 Å². The minimum Gasteiger partial charge on any atom is -0.392 e. The number of nitrogens with zero attached hydrogens (tertiary/aromatic N) is 3. The summed E-state index contributed by atoms with van der Waals surface area (Å²) in [4.78, 5) is 25.1. The zero-order valence-corrected chi connectivity index (χ0v) is 25.0. The van der Waals surface area contributed by atoms with Crippen molar-refractivity contribution in [2.75, 3.05) is 0 Å². The Balaban J connectivity index is 1.37. The standard InChI is InChI=1S/C36H42N4O2/c1-4-32(28-10-6-5-7-11-28)36(42)39-21-27-15-16-30(31(19-27)24-41)22-40(23-33-26(3)18-25(2)20-38-33)34-14-8-12-29-13-9-17-37-35(29)34/h5-7,9-11,13,15-20,32,34,41H,4,8,12,14,21-24H2,1-3H3,(H,39,42)/t32-,34-/m0/s1. The Morgan fingerprint density at radius 1 is 1.02 bits per heavy atom. The highest BCUT2D eigenvalue weighted by atomic mass is 16.3. The van der Waals surface area contributed by atoms with Crippen molar-refractivity contribution >= 4 is 5.91 Å². The lowest BCUT2D eigenvalue weighted by Gasteiger charge is -2.35. The number of fused-ring (bicyclic) bond motifs is 1. The number of aromatic nitrogens is 2. The van der Waals surface area contributed by atoms with Gasteiger partial charge in [0.25, 0.3) is 0 Å². The number of amides is 1. The molecule has 1 amide bonds. The zero-order chi connectivity index (χ0) is 29.5. The molecular weight excluding hydrogens is 520 g/mol. The largest absolute Gasteiger partial charge is 0.392 e. The number of carbonyl (C=O) groups is 1. The minimum absolute atomic E-state index is 0.0222. The molecule has 42 heavy (non-hydrogen) atoms. The Hall–Kier alpha value is -3.87. The number of aliphatic hydroxyl groups is 1. The molecule has 1 aliphatic rings. The van der Waals surface area contributed by atoms with E-state index in [0.29, 0.717) is 19.6 Å². The lowest BCUT2D eigenvalue weighted by atomic mass is 9.90. The molecule has 1 aliphatic carbocycles. The van der Waals surface area contributed by atoms with Gasteiger partial charge in [0, 0.05) is 32.0 Å². The molecule has 0 aliphatic heterocycles. The van der Waals surface area contributed by atoms with Crippen LogP contribution in [0.5, 0.6) is 0 Å². The van der Waals surface area contributed by atoms with Crippen LogP contribution in [-0.2, 0) is 37.5 Å². The number of hydrogen-bond donors (Lipinski definition) is 2. The highest BCUT2D eigenvalue weighted by Crippen LogP contribution is 2.35. The van der Waals surface area contributed by atoms with Crippen molar-refractivity contribution in [1.82, 2.24) is 20.2 Å². The van der Waals surface area contributed by atoms with Crippen LogP contribution in [0.25, 0.3) is 0 Å². The van der Waals surface area contributed by atoms with E-state index in [-0.39, 0.29) is 24.5 Å². The van der Waals surface area contributed by atoms with Crippen molar-refractivity contribution in [1.29, 1.82) is 0 Å². The first-order valence-electron chi connectivity index (χ1n) is 15.1. The summed E-state index contributed by atoms with van der Waals surface area (Å²) in [6.07, 6.45) is 7.78. The summed E-state index contributed by atoms with van der Waals surface area (Å²) in [6.45, 7) is 7.97. The van der Waals surface area contributed by atoms with Gasteiger partial charge in [0.1, 0.15) is 0 Å². The Morgan fingerprint density at radius 3 is 2.62 bits per heavy atom. The maximum atomic E-state index is 13.0. The number of rotatable bonds is 11. The van der Waals surface area contributed by atoms with E-state index in [1.54, 1.807) is 0 Å². The highest BCUT2D eigenvalue weighted by Gasteiger charge is 2.28. The van der Waals surface area contributed by atoms with Crippen LogP contribution in [0.15, 0.2) is 79.1 Å². The van der Waals surface area contributed by atoms with Crippen LogP contribution in [0.4, 0.5) is 0 Å². The fourth-order valence-corrected chi connectivity index (χ4v) is 6.20. The molecule has 0 saturated carbocycles. The van der Waals surface area contributed by atoms with Gasteiger partial charge in [-0.25, -0.2) is 0 Å². The monoisotopic (exact) mass is 562 g/mol. The van der Waals surface area contributed by atoms with Gasteiger partial charge >= 0.3 is 0 Å². The molecule has 0 spiro atoms. The number of aryl methyl sites for hydroxylation is 3. The van der Waals surface area contributed by atoms with E-state index in [4.69, 9.17) is 9.97 Å². The Kier molecular flexibility index (Phi) is 9.78. The second-order valence-electron chi connectivity index (χ2n) is 11.5. The Morgan fingerprint density at radius 2 is 1.86 bits per heavy atom. The molecular formula is C36H42N4O2. The molecule has 2 N–H and O–H groups in total. The average molecular weight is 563 g/mol. The van der Waals surface area contributed by atoms with Crippen molar-refractivity contribution in [3.05, 3.63) is 129 Å². The van der Waals surface area contributed by atoms with Gasteiger partial charge in [0.05, 0.1) is 30.0 Å². The van der Waals surface area contributed by atoms with Gasteiger partial charge in [0.15, 0.2) is 0 Å². The molecule has 6 heteroatoms. The molecule has 2 atom stereocenters. The molecule has 218 valence electrons. The second kappa shape index (κ2) is 13.9. The van der Waals surface area contributed by atoms with Crippen LogP contribution in [0.3, 0.4) is 0 Å². The number of pyridine rings is 2. The van der Waals surface area contributed by atoms with E-state index < -0.39 is 0 Å². The fourth-order valence-electron chi connectivity index (χ4n) is 6.20. The summed E-state index contributed by atoms with van der Waals surface area (Å²) in [7, 11) is 0. The van der Waals surface area contributed by atoms with Gasteiger partial charge in [-0.05, 0) is 84.5 Å². The SMILES string of the molecule is CC[C@H](C(=O)NCc1ccc(CN(Cc2ncc(C)cc2C)[C@H]2CCCc3cccnc32)c(CO)c1)c1ccccc1. The number of hydrogen-bond acceptors (Lipinski definition) is 5. The zero-order valence-electron chi connectivity index (χ0n) is 25.0. The predicted octanol–water partition coefficient (Wildman–Crippen LogP) is 6.48. The van der Waals surface area contributed by atoms with Crippen molar-refractivity contribution in [3.8, 4) is 0 Å². The molecule has 0 saturated heterocycles. The van der Waals surface area contributed by atoms with Crippen LogP contribution < -0.4 is 5.32 Å². The average Bonchev–Trinajstić information content (AvgIpc) is 3.02. The number of aliphatic hydroxyl groups excluding tert-OH is 1. The summed E-state index contributed by atoms with van der Waals surface area (Å²) >= 11 is 0. The molecule has 0 radical (unpaired) electrons. The smallest absolute Gasteiger partial charge is 0.227 e. The van der Waals surface area contributed by atoms with Gasteiger partial charge in [-0.1, -0.05) is 67.6 Å². The minimum atomic E-state index is -0.179. The summed E-state index contributed by atoms with van der Waals surface area (Å²) in [5.74, 6) is -0.156. The Labute approximate surface area is 249 Å². The van der Waals surface area contributed by atoms with E-state index >= 15 is 0 Å². The molecule has 6 nitrogen and oxygen atoms in total. The molecule has 0 fully saturated rings. The normalized spacial score (nSPS) is 15.3. The summed E-state index contributed by atoms with van der Waals surface area (Å²) in [5, 5.41) is 13.5. The third-order valence-corrected chi connectivity index (χ3v) is 8.49. The molecule has 4 aromatic rings. The highest BCUT2D eigenvalue weighted by molar-refractivity contribution is 5.83. The van der Waals surface area contributed by atoms with E-state index in [1.165, 1.54) is 11.1 Å². The molecule has 0 bridgehead atoms. The van der Waals surface area contributed by atoms with Crippen molar-refractivity contribution < 1.29 is 9.90 Å². The van der Waals surface area contributed by atoms with Crippen LogP contribution >= 0.6 is 0 Å². The van der Waals surface area contributed by atoms with Crippen molar-refractivity contribution in [3.63, 3.8) is 0 Å². The molecule has 2 heterocycles. The molecule has 0 unspecified atom stereocenters. The first kappa shape index (κ1) is 29.6. The van der Waals surface area contributed by atoms with Crippen LogP contribution in [-0.4, -0.2) is 25.9 Å². The second-order valence-corrected chi connectivity index (χ2v) is 11.5. The number of nitrogens with one attached hydrogen (secondary N) is 1. The topological polar surface area (TPSA) is 78.4 Å². The van der Waals surface area contributed by atoms with E-state index in [9.17, 15) is 9.90 Å². The first-order valence-corrected chi connectivity index (χ1v) is 15.1. The maximum absolute atomic E-state index is 13.0. The molecule has 2 aromatic heterocycles. The van der Waals surface area contributed by atoms with E-state index in [0.717, 1.165) is 64.9 Å². The predicted molar refractivity (Wildman–Crippen MR) is 167 cm³/mol. The number of carbonyl (C=O) groups excluding carboxylic acids is 1. The molecule has 2 aromatic carbocycles. The lowest BCUT2D eigenvalue weighted by molar-refractivity contribution is -0.122. The van der Waals surface area contributed by atoms with Crippen molar-refractivity contribution in [2.24, 2.45) is 0 Å². The van der Waals surface area contributed by atoms with Crippen LogP contribution in [0, 0.1) is 13.8 Å². The summed E-state index contributed by atoms with van der Waals surface area (Å²) in [5.41, 5.74) is 9.86. The summed E-state index contributed by atoms with van der Waals surface area (Å²) < 4.78 is 0. The van der Waals surface area contributed by atoms with Gasteiger partial charge in [-0.2, -0.15) is 0 Å². The quantitative estimate of drug-likeness (QED) is 0.219. The maximum Gasteiger partial charge on any atom is 0.227 e. The van der Waals surface area contributed by atoms with Crippen LogP contribution in [0.2, 0.25) is 0 Å². The van der Waals surface area contributed by atoms with E-state index in [2.05, 4.69) is 48.3 Å². The van der Waals surface area contributed by atoms with Gasteiger partial charge in [0.2, 0.25) is 5.91 Å². The Bertz CT molecular complexity index is 1500. The third-order valence-electron chi connectivity index (χ3n) is 8.49. The third kappa shape index (κ3) is 6.94. The first-order chi connectivity index (χ1) is 20.5. The van der Waals surface area contributed by atoms with E-state index in [1.807, 2.05) is 61.8 Å². The van der Waals surface area contributed by atoms with Gasteiger partial charge < -0.3 is 10.4 Å². The summed E-state index contributed by atoms with van der Waals surface area (Å²) in [6, 6.07) is 22.7. The lowest BCUT2D eigenvalue weighted by Crippen LogP contribution is -2.32. The van der Waals surface area contributed by atoms with Gasteiger partial charge in [-0.15, -0.1) is 0 Å².